The minimum Gasteiger partial charge on any atom is -0.484 e. The Kier molecular flexibility index (Phi) is 6.07. The van der Waals surface area contributed by atoms with Gasteiger partial charge in [0.2, 0.25) is 0 Å². The largest absolute Gasteiger partial charge is 0.484 e. The maximum atomic E-state index is 12.5. The number of carbonyl (C=O) groups excluding carboxylic acids is 1. The molecule has 0 atom stereocenters. The molecule has 0 fully saturated rings. The molecule has 0 unspecified atom stereocenters. The van der Waals surface area contributed by atoms with E-state index in [0.717, 1.165) is 28.8 Å². The zero-order valence-corrected chi connectivity index (χ0v) is 14.1. The van der Waals surface area contributed by atoms with Gasteiger partial charge in [-0.05, 0) is 61.2 Å². The number of alkyl halides is 3. The van der Waals surface area contributed by atoms with E-state index >= 15 is 0 Å². The third kappa shape index (κ3) is 6.14. The predicted molar refractivity (Wildman–Crippen MR) is 89.6 cm³/mol. The summed E-state index contributed by atoms with van der Waals surface area (Å²) in [6, 6.07) is 10.6. The highest BCUT2D eigenvalue weighted by atomic mass is 19.4. The van der Waals surface area contributed by atoms with Crippen LogP contribution in [0.2, 0.25) is 0 Å². The number of amides is 1. The summed E-state index contributed by atoms with van der Waals surface area (Å²) in [5.74, 6) is 0.362. The van der Waals surface area contributed by atoms with E-state index < -0.39 is 11.7 Å². The second-order valence-electron chi connectivity index (χ2n) is 5.91. The molecule has 0 aliphatic carbocycles. The summed E-state index contributed by atoms with van der Waals surface area (Å²) in [5.41, 5.74) is 2.15. The lowest BCUT2D eigenvalue weighted by Gasteiger charge is -2.10. The van der Waals surface area contributed by atoms with Crippen LogP contribution in [0.1, 0.15) is 22.3 Å². The summed E-state index contributed by atoms with van der Waals surface area (Å²) < 4.78 is 42.9. The molecular formula is C19H20F3NO2. The predicted octanol–water partition coefficient (Wildman–Crippen LogP) is 4.06. The van der Waals surface area contributed by atoms with Crippen molar-refractivity contribution in [3.05, 3.63) is 64.7 Å². The van der Waals surface area contributed by atoms with Gasteiger partial charge in [0.15, 0.2) is 6.61 Å². The lowest BCUT2D eigenvalue weighted by molar-refractivity contribution is -0.137. The fraction of sp³-hybridized carbons (Fsp3) is 0.316. The molecule has 2 aromatic rings. The lowest BCUT2D eigenvalue weighted by Crippen LogP contribution is -2.30. The van der Waals surface area contributed by atoms with Crippen LogP contribution in [0.25, 0.3) is 0 Å². The van der Waals surface area contributed by atoms with Crippen LogP contribution in [0.5, 0.6) is 5.75 Å². The molecule has 0 spiro atoms. The van der Waals surface area contributed by atoms with Crippen LogP contribution >= 0.6 is 0 Å². The quantitative estimate of drug-likeness (QED) is 0.852. The molecule has 0 radical (unpaired) electrons. The van der Waals surface area contributed by atoms with E-state index in [1.165, 1.54) is 12.1 Å². The number of aryl methyl sites for hydroxylation is 2. The number of ether oxygens (including phenoxy) is 1. The van der Waals surface area contributed by atoms with Gasteiger partial charge in [-0.3, -0.25) is 4.79 Å². The first-order chi connectivity index (χ1) is 11.7. The zero-order chi connectivity index (χ0) is 18.4. The number of carbonyl (C=O) groups is 1. The average Bonchev–Trinajstić information content (AvgIpc) is 2.52. The number of halogens is 3. The first kappa shape index (κ1) is 18.8. The van der Waals surface area contributed by atoms with Crippen molar-refractivity contribution in [3.63, 3.8) is 0 Å². The van der Waals surface area contributed by atoms with Crippen LogP contribution in [-0.4, -0.2) is 19.1 Å². The maximum Gasteiger partial charge on any atom is 0.416 e. The molecule has 3 nitrogen and oxygen atoms in total. The Morgan fingerprint density at radius 3 is 2.20 bits per heavy atom. The Morgan fingerprint density at radius 2 is 1.64 bits per heavy atom. The van der Waals surface area contributed by atoms with Crippen molar-refractivity contribution >= 4 is 5.91 Å². The first-order valence-electron chi connectivity index (χ1n) is 7.88. The molecule has 2 aromatic carbocycles. The molecule has 2 rings (SSSR count). The van der Waals surface area contributed by atoms with Crippen LogP contribution in [0.3, 0.4) is 0 Å². The Bertz CT molecular complexity index is 704. The summed E-state index contributed by atoms with van der Waals surface area (Å²) in [6.07, 6.45) is -3.88. The van der Waals surface area contributed by atoms with Gasteiger partial charge in [0.1, 0.15) is 5.75 Å². The molecule has 0 saturated carbocycles. The van der Waals surface area contributed by atoms with E-state index in [1.54, 1.807) is 0 Å². The summed E-state index contributed by atoms with van der Waals surface area (Å²) in [6.45, 7) is 4.13. The van der Waals surface area contributed by atoms with Crippen molar-refractivity contribution in [1.82, 2.24) is 5.32 Å². The minimum atomic E-state index is -4.34. The van der Waals surface area contributed by atoms with Crippen LogP contribution in [-0.2, 0) is 17.4 Å². The van der Waals surface area contributed by atoms with Gasteiger partial charge >= 0.3 is 6.18 Å². The fourth-order valence-electron chi connectivity index (χ4n) is 2.42. The average molecular weight is 351 g/mol. The van der Waals surface area contributed by atoms with E-state index in [2.05, 4.69) is 5.32 Å². The summed E-state index contributed by atoms with van der Waals surface area (Å²) in [4.78, 5) is 11.8. The van der Waals surface area contributed by atoms with Crippen LogP contribution in [0.15, 0.2) is 42.5 Å². The van der Waals surface area contributed by atoms with Gasteiger partial charge in [0.25, 0.3) is 5.91 Å². The first-order valence-corrected chi connectivity index (χ1v) is 7.88. The molecule has 0 aliphatic heterocycles. The molecule has 0 heterocycles. The molecule has 0 aromatic heterocycles. The highest BCUT2D eigenvalue weighted by Gasteiger charge is 2.29. The van der Waals surface area contributed by atoms with E-state index in [4.69, 9.17) is 4.74 Å². The van der Waals surface area contributed by atoms with E-state index in [1.807, 2.05) is 32.0 Å². The summed E-state index contributed by atoms with van der Waals surface area (Å²) >= 11 is 0. The number of hydrogen-bond acceptors (Lipinski definition) is 2. The van der Waals surface area contributed by atoms with Gasteiger partial charge in [-0.2, -0.15) is 13.2 Å². The Balaban J connectivity index is 1.75. The molecule has 25 heavy (non-hydrogen) atoms. The zero-order valence-electron chi connectivity index (χ0n) is 14.1. The Labute approximate surface area is 144 Å². The maximum absolute atomic E-state index is 12.5. The second-order valence-corrected chi connectivity index (χ2v) is 5.91. The van der Waals surface area contributed by atoms with E-state index in [0.29, 0.717) is 18.7 Å². The smallest absolute Gasteiger partial charge is 0.416 e. The highest BCUT2D eigenvalue weighted by molar-refractivity contribution is 5.77. The normalized spacial score (nSPS) is 11.2. The molecule has 0 aliphatic rings. The van der Waals surface area contributed by atoms with Gasteiger partial charge in [-0.1, -0.05) is 18.2 Å². The lowest BCUT2D eigenvalue weighted by atomic mass is 10.1. The van der Waals surface area contributed by atoms with Crippen molar-refractivity contribution in [1.29, 1.82) is 0 Å². The minimum absolute atomic E-state index is 0.101. The van der Waals surface area contributed by atoms with Gasteiger partial charge in [0.05, 0.1) is 5.56 Å². The van der Waals surface area contributed by atoms with Crippen molar-refractivity contribution < 1.29 is 22.7 Å². The molecule has 134 valence electrons. The summed E-state index contributed by atoms with van der Waals surface area (Å²) in [7, 11) is 0. The molecule has 6 heteroatoms. The van der Waals surface area contributed by atoms with Gasteiger partial charge in [-0.15, -0.1) is 0 Å². The SMILES string of the molecule is Cc1cc(C)cc(OCC(=O)NCCc2ccc(C(F)(F)F)cc2)c1. The van der Waals surface area contributed by atoms with E-state index in [-0.39, 0.29) is 12.5 Å². The van der Waals surface area contributed by atoms with Gasteiger partial charge in [-0.25, -0.2) is 0 Å². The Hall–Kier alpha value is -2.50. The number of rotatable bonds is 6. The van der Waals surface area contributed by atoms with E-state index in [9.17, 15) is 18.0 Å². The van der Waals surface area contributed by atoms with Gasteiger partial charge < -0.3 is 10.1 Å². The third-order valence-electron chi connectivity index (χ3n) is 3.58. The van der Waals surface area contributed by atoms with Crippen molar-refractivity contribution in [2.45, 2.75) is 26.4 Å². The van der Waals surface area contributed by atoms with Gasteiger partial charge in [0, 0.05) is 6.54 Å². The second kappa shape index (κ2) is 8.05. The highest BCUT2D eigenvalue weighted by Crippen LogP contribution is 2.29. The number of benzene rings is 2. The molecule has 0 bridgehead atoms. The summed E-state index contributed by atoms with van der Waals surface area (Å²) in [5, 5.41) is 2.69. The standard InChI is InChI=1S/C19H20F3NO2/c1-13-9-14(2)11-17(10-13)25-12-18(24)23-8-7-15-3-5-16(6-4-15)19(20,21)22/h3-6,9-11H,7-8,12H2,1-2H3,(H,23,24). The van der Waals surface area contributed by atoms with Crippen LogP contribution in [0.4, 0.5) is 13.2 Å². The third-order valence-corrected chi connectivity index (χ3v) is 3.58. The molecule has 1 N–H and O–H groups in total. The molecule has 0 saturated heterocycles. The van der Waals surface area contributed by atoms with Crippen molar-refractivity contribution in [3.8, 4) is 5.75 Å². The fourth-order valence-corrected chi connectivity index (χ4v) is 2.42. The van der Waals surface area contributed by atoms with Crippen molar-refractivity contribution in [2.24, 2.45) is 0 Å². The monoisotopic (exact) mass is 351 g/mol. The number of nitrogens with one attached hydrogen (secondary N) is 1. The Morgan fingerprint density at radius 1 is 1.04 bits per heavy atom. The number of hydrogen-bond donors (Lipinski definition) is 1. The van der Waals surface area contributed by atoms with Crippen LogP contribution in [0, 0.1) is 13.8 Å². The van der Waals surface area contributed by atoms with Crippen molar-refractivity contribution in [2.75, 3.05) is 13.2 Å². The van der Waals surface area contributed by atoms with Crippen LogP contribution < -0.4 is 10.1 Å². The topological polar surface area (TPSA) is 38.3 Å². The molecular weight excluding hydrogens is 331 g/mol. The molecule has 1 amide bonds.